The summed E-state index contributed by atoms with van der Waals surface area (Å²) >= 11 is 0. The van der Waals surface area contributed by atoms with Crippen molar-refractivity contribution in [1.29, 1.82) is 0 Å². The maximum Gasteiger partial charge on any atom is 0.336 e. The number of carbonyl (C=O) groups excluding carboxylic acids is 1. The predicted molar refractivity (Wildman–Crippen MR) is 42.7 cm³/mol. The van der Waals surface area contributed by atoms with Gasteiger partial charge in [-0.15, -0.1) is 0 Å². The molecule has 0 radical (unpaired) electrons. The fourth-order valence-corrected chi connectivity index (χ4v) is 1.22. The molecule has 0 amide bonds. The highest BCUT2D eigenvalue weighted by Gasteiger charge is 2.34. The minimum absolute atomic E-state index is 0.000278. The normalized spacial score (nSPS) is 33.8. The van der Waals surface area contributed by atoms with E-state index in [0.29, 0.717) is 0 Å². The Hall–Kier alpha value is -0.910. The molecule has 0 heterocycles. The number of esters is 1. The molecular formula is C8H12O5. The number of ether oxygens (including phenoxy) is 1. The van der Waals surface area contributed by atoms with Crippen molar-refractivity contribution in [3.63, 3.8) is 0 Å². The van der Waals surface area contributed by atoms with E-state index < -0.39 is 24.3 Å². The van der Waals surface area contributed by atoms with Gasteiger partial charge < -0.3 is 20.1 Å². The van der Waals surface area contributed by atoms with Gasteiger partial charge in [-0.05, 0) is 6.42 Å². The van der Waals surface area contributed by atoms with Gasteiger partial charge in [0.1, 0.15) is 12.2 Å². The number of hydrogen-bond acceptors (Lipinski definition) is 5. The molecule has 0 aromatic heterocycles. The van der Waals surface area contributed by atoms with Gasteiger partial charge in [0, 0.05) is 0 Å². The van der Waals surface area contributed by atoms with Crippen LogP contribution in [0.1, 0.15) is 6.42 Å². The zero-order valence-corrected chi connectivity index (χ0v) is 7.17. The van der Waals surface area contributed by atoms with E-state index >= 15 is 0 Å². The summed E-state index contributed by atoms with van der Waals surface area (Å²) in [6, 6.07) is 0. The Labute approximate surface area is 75.3 Å². The van der Waals surface area contributed by atoms with Crippen LogP contribution >= 0.6 is 0 Å². The molecule has 0 aromatic rings. The molecule has 0 saturated heterocycles. The number of carbonyl (C=O) groups is 1. The zero-order chi connectivity index (χ0) is 10.0. The molecule has 1 rings (SSSR count). The van der Waals surface area contributed by atoms with Gasteiger partial charge >= 0.3 is 5.97 Å². The van der Waals surface area contributed by atoms with Crippen LogP contribution in [0.3, 0.4) is 0 Å². The Morgan fingerprint density at radius 2 is 2.15 bits per heavy atom. The lowest BCUT2D eigenvalue weighted by Gasteiger charge is -2.27. The van der Waals surface area contributed by atoms with Crippen LogP contribution in [0.2, 0.25) is 0 Å². The molecule has 3 N–H and O–H groups in total. The van der Waals surface area contributed by atoms with Crippen molar-refractivity contribution < 1.29 is 24.9 Å². The number of aliphatic hydroxyl groups is 3. The Morgan fingerprint density at radius 3 is 2.69 bits per heavy atom. The van der Waals surface area contributed by atoms with Crippen LogP contribution in [0, 0.1) is 0 Å². The highest BCUT2D eigenvalue weighted by molar-refractivity contribution is 5.89. The van der Waals surface area contributed by atoms with Crippen LogP contribution < -0.4 is 0 Å². The molecule has 74 valence electrons. The lowest BCUT2D eigenvalue weighted by atomic mass is 9.91. The fourth-order valence-electron chi connectivity index (χ4n) is 1.22. The molecule has 0 fully saturated rings. The topological polar surface area (TPSA) is 87.0 Å². The molecule has 1 aliphatic carbocycles. The van der Waals surface area contributed by atoms with E-state index in [1.54, 1.807) is 0 Å². The molecule has 0 spiro atoms. The van der Waals surface area contributed by atoms with Gasteiger partial charge in [0.05, 0.1) is 18.8 Å². The van der Waals surface area contributed by atoms with E-state index in [-0.39, 0.29) is 12.0 Å². The van der Waals surface area contributed by atoms with Gasteiger partial charge in [-0.2, -0.15) is 0 Å². The summed E-state index contributed by atoms with van der Waals surface area (Å²) in [6.45, 7) is 0. The fraction of sp³-hybridized carbons (Fsp3) is 0.625. The standard InChI is InChI=1S/C8H12O5/c1-13-8(12)4-2-3-5(9)7(11)6(4)10/h2,5-7,9-11H,3H2,1H3/t5-,6-,7+/m1/s1. The molecule has 0 aromatic carbocycles. The lowest BCUT2D eigenvalue weighted by molar-refractivity contribution is -0.139. The molecular weight excluding hydrogens is 176 g/mol. The first-order valence-electron chi connectivity index (χ1n) is 3.90. The smallest absolute Gasteiger partial charge is 0.336 e. The first-order valence-corrected chi connectivity index (χ1v) is 3.90. The maximum absolute atomic E-state index is 11.0. The Morgan fingerprint density at radius 1 is 1.54 bits per heavy atom. The number of methoxy groups -OCH3 is 1. The van der Waals surface area contributed by atoms with Crippen molar-refractivity contribution in [2.24, 2.45) is 0 Å². The van der Waals surface area contributed by atoms with Crippen LogP contribution in [-0.4, -0.2) is 46.7 Å². The average Bonchev–Trinajstić information content (AvgIpc) is 2.13. The second-order valence-corrected chi connectivity index (χ2v) is 2.89. The summed E-state index contributed by atoms with van der Waals surface area (Å²) in [5, 5.41) is 27.7. The molecule has 0 saturated carbocycles. The molecule has 5 heteroatoms. The van der Waals surface area contributed by atoms with Crippen molar-refractivity contribution in [1.82, 2.24) is 0 Å². The Balaban J connectivity index is 2.81. The molecule has 0 unspecified atom stereocenters. The first-order chi connectivity index (χ1) is 6.07. The second kappa shape index (κ2) is 3.87. The first kappa shape index (κ1) is 10.2. The van der Waals surface area contributed by atoms with Gasteiger partial charge in [-0.3, -0.25) is 0 Å². The van der Waals surface area contributed by atoms with Gasteiger partial charge in [0.25, 0.3) is 0 Å². The molecule has 3 atom stereocenters. The third kappa shape index (κ3) is 1.88. The number of rotatable bonds is 1. The summed E-state index contributed by atoms with van der Waals surface area (Å²) in [5.41, 5.74) is 0.000278. The van der Waals surface area contributed by atoms with Crippen molar-refractivity contribution in [2.45, 2.75) is 24.7 Å². The number of hydrogen-bond donors (Lipinski definition) is 3. The van der Waals surface area contributed by atoms with Crippen molar-refractivity contribution in [3.8, 4) is 0 Å². The minimum Gasteiger partial charge on any atom is -0.466 e. The van der Waals surface area contributed by atoms with Crippen molar-refractivity contribution >= 4 is 5.97 Å². The summed E-state index contributed by atoms with van der Waals surface area (Å²) < 4.78 is 4.38. The molecule has 0 aliphatic heterocycles. The SMILES string of the molecule is COC(=O)C1=CC[C@@H](O)[C@H](O)[C@@H]1O. The number of aliphatic hydroxyl groups excluding tert-OH is 3. The highest BCUT2D eigenvalue weighted by atomic mass is 16.5. The minimum atomic E-state index is -1.36. The molecule has 5 nitrogen and oxygen atoms in total. The van der Waals surface area contributed by atoms with Crippen LogP contribution in [0.4, 0.5) is 0 Å². The summed E-state index contributed by atoms with van der Waals surface area (Å²) in [4.78, 5) is 11.0. The third-order valence-corrected chi connectivity index (χ3v) is 2.04. The van der Waals surface area contributed by atoms with Gasteiger partial charge in [-0.25, -0.2) is 4.79 Å². The predicted octanol–water partition coefficient (Wildman–Crippen LogP) is -1.43. The molecule has 0 bridgehead atoms. The van der Waals surface area contributed by atoms with E-state index in [0.717, 1.165) is 0 Å². The summed E-state index contributed by atoms with van der Waals surface area (Å²) in [7, 11) is 1.19. The van der Waals surface area contributed by atoms with E-state index in [2.05, 4.69) is 4.74 Å². The second-order valence-electron chi connectivity index (χ2n) is 2.89. The highest BCUT2D eigenvalue weighted by Crippen LogP contribution is 2.20. The van der Waals surface area contributed by atoms with Crippen LogP contribution in [0.15, 0.2) is 11.6 Å². The monoisotopic (exact) mass is 188 g/mol. The zero-order valence-electron chi connectivity index (χ0n) is 7.17. The van der Waals surface area contributed by atoms with Crippen LogP contribution in [-0.2, 0) is 9.53 Å². The van der Waals surface area contributed by atoms with Crippen LogP contribution in [0.5, 0.6) is 0 Å². The quantitative estimate of drug-likeness (QED) is 0.439. The molecule has 1 aliphatic rings. The average molecular weight is 188 g/mol. The lowest BCUT2D eigenvalue weighted by Crippen LogP contribution is -2.43. The van der Waals surface area contributed by atoms with E-state index in [9.17, 15) is 15.0 Å². The van der Waals surface area contributed by atoms with E-state index in [4.69, 9.17) is 5.11 Å². The van der Waals surface area contributed by atoms with E-state index in [1.807, 2.05) is 0 Å². The Bertz CT molecular complexity index is 235. The third-order valence-electron chi connectivity index (χ3n) is 2.04. The summed E-state index contributed by atoms with van der Waals surface area (Å²) in [5.74, 6) is -0.682. The van der Waals surface area contributed by atoms with Crippen molar-refractivity contribution in [3.05, 3.63) is 11.6 Å². The van der Waals surface area contributed by atoms with Crippen molar-refractivity contribution in [2.75, 3.05) is 7.11 Å². The van der Waals surface area contributed by atoms with E-state index in [1.165, 1.54) is 13.2 Å². The van der Waals surface area contributed by atoms with Gasteiger partial charge in [0.15, 0.2) is 0 Å². The summed E-state index contributed by atoms with van der Waals surface area (Å²) in [6.07, 6.45) is -2.20. The maximum atomic E-state index is 11.0. The van der Waals surface area contributed by atoms with Gasteiger partial charge in [0.2, 0.25) is 0 Å². The Kier molecular flexibility index (Phi) is 3.02. The largest absolute Gasteiger partial charge is 0.466 e. The van der Waals surface area contributed by atoms with Crippen LogP contribution in [0.25, 0.3) is 0 Å². The van der Waals surface area contributed by atoms with Gasteiger partial charge in [-0.1, -0.05) is 6.08 Å². The molecule has 13 heavy (non-hydrogen) atoms.